The van der Waals surface area contributed by atoms with Crippen molar-refractivity contribution in [3.63, 3.8) is 0 Å². The summed E-state index contributed by atoms with van der Waals surface area (Å²) in [5, 5.41) is 15.1. The summed E-state index contributed by atoms with van der Waals surface area (Å²) in [5.74, 6) is -1.38. The zero-order valence-electron chi connectivity index (χ0n) is 14.9. The second kappa shape index (κ2) is 7.59. The van der Waals surface area contributed by atoms with Crippen molar-refractivity contribution < 1.29 is 14.7 Å². The van der Waals surface area contributed by atoms with E-state index in [1.54, 1.807) is 0 Å². The number of amides is 2. The van der Waals surface area contributed by atoms with Crippen LogP contribution in [0.2, 0.25) is 0 Å². The van der Waals surface area contributed by atoms with E-state index in [1.165, 1.54) is 0 Å². The van der Waals surface area contributed by atoms with Gasteiger partial charge in [-0.25, -0.2) is 0 Å². The molecule has 5 nitrogen and oxygen atoms in total. The van der Waals surface area contributed by atoms with Crippen molar-refractivity contribution in [3.8, 4) is 0 Å². The van der Waals surface area contributed by atoms with Crippen molar-refractivity contribution in [2.75, 3.05) is 11.9 Å². The normalized spacial score (nSPS) is 12.7. The Hall–Kier alpha value is -1.88. The third kappa shape index (κ3) is 5.67. The van der Waals surface area contributed by atoms with Crippen molar-refractivity contribution >= 4 is 17.5 Å². The maximum atomic E-state index is 12.0. The number of rotatable bonds is 4. The third-order valence-corrected chi connectivity index (χ3v) is 3.82. The van der Waals surface area contributed by atoms with Crippen LogP contribution in [-0.2, 0) is 9.59 Å². The molecular weight excluding hydrogens is 292 g/mol. The molecule has 3 N–H and O–H groups in total. The molecule has 1 aromatic carbocycles. The Labute approximate surface area is 138 Å². The number of aryl methyl sites for hydroxylation is 3. The molecule has 0 aliphatic heterocycles. The van der Waals surface area contributed by atoms with Crippen molar-refractivity contribution in [2.45, 2.75) is 54.1 Å². The van der Waals surface area contributed by atoms with E-state index in [9.17, 15) is 14.7 Å². The van der Waals surface area contributed by atoms with Crippen LogP contribution in [0, 0.1) is 26.2 Å². The van der Waals surface area contributed by atoms with E-state index in [4.69, 9.17) is 0 Å². The lowest BCUT2D eigenvalue weighted by atomic mass is 9.87. The lowest BCUT2D eigenvalue weighted by Gasteiger charge is -2.25. The van der Waals surface area contributed by atoms with Crippen molar-refractivity contribution in [1.82, 2.24) is 5.32 Å². The molecule has 5 heteroatoms. The van der Waals surface area contributed by atoms with Gasteiger partial charge < -0.3 is 15.7 Å². The molecule has 0 fully saturated rings. The number of aliphatic hydroxyl groups excluding tert-OH is 1. The van der Waals surface area contributed by atoms with Gasteiger partial charge in [0.05, 0.1) is 6.10 Å². The number of carbonyl (C=O) groups excluding carboxylic acids is 2. The lowest BCUT2D eigenvalue weighted by molar-refractivity contribution is -0.136. The maximum absolute atomic E-state index is 12.0. The van der Waals surface area contributed by atoms with Gasteiger partial charge in [-0.2, -0.15) is 0 Å². The van der Waals surface area contributed by atoms with Gasteiger partial charge in [-0.15, -0.1) is 0 Å². The lowest BCUT2D eigenvalue weighted by Crippen LogP contribution is -2.38. The number of carbonyl (C=O) groups is 2. The Morgan fingerprint density at radius 1 is 1.09 bits per heavy atom. The SMILES string of the molecule is Cc1cc(C)c(NC(=O)C(=O)NCC[C@H](O)C(C)(C)C)c(C)c1. The zero-order chi connectivity index (χ0) is 17.8. The molecule has 0 saturated carbocycles. The molecule has 0 spiro atoms. The molecule has 1 atom stereocenters. The van der Waals surface area contributed by atoms with Crippen LogP contribution in [0.4, 0.5) is 5.69 Å². The number of aliphatic hydroxyl groups is 1. The fraction of sp³-hybridized carbons (Fsp3) is 0.556. The third-order valence-electron chi connectivity index (χ3n) is 3.82. The highest BCUT2D eigenvalue weighted by molar-refractivity contribution is 6.39. The molecule has 0 aromatic heterocycles. The van der Waals surface area contributed by atoms with Gasteiger partial charge in [0, 0.05) is 12.2 Å². The molecule has 0 unspecified atom stereocenters. The molecule has 0 heterocycles. The summed E-state index contributed by atoms with van der Waals surface area (Å²) in [6, 6.07) is 3.92. The summed E-state index contributed by atoms with van der Waals surface area (Å²) in [7, 11) is 0. The summed E-state index contributed by atoms with van der Waals surface area (Å²) in [6.45, 7) is 11.8. The maximum Gasteiger partial charge on any atom is 0.313 e. The largest absolute Gasteiger partial charge is 0.393 e. The molecule has 128 valence electrons. The van der Waals surface area contributed by atoms with Gasteiger partial charge in [0.25, 0.3) is 0 Å². The minimum atomic E-state index is -0.690. The van der Waals surface area contributed by atoms with E-state index in [1.807, 2.05) is 53.7 Å². The first kappa shape index (κ1) is 19.2. The highest BCUT2D eigenvalue weighted by Gasteiger charge is 2.22. The number of hydrogen-bond acceptors (Lipinski definition) is 3. The highest BCUT2D eigenvalue weighted by atomic mass is 16.3. The molecule has 0 saturated heterocycles. The van der Waals surface area contributed by atoms with Gasteiger partial charge in [0.2, 0.25) is 0 Å². The second-order valence-electron chi connectivity index (χ2n) is 7.15. The summed E-state index contributed by atoms with van der Waals surface area (Å²) >= 11 is 0. The van der Waals surface area contributed by atoms with Crippen LogP contribution < -0.4 is 10.6 Å². The predicted octanol–water partition coefficient (Wildman–Crippen LogP) is 2.46. The van der Waals surface area contributed by atoms with Gasteiger partial charge in [-0.1, -0.05) is 38.5 Å². The van der Waals surface area contributed by atoms with Crippen LogP contribution in [0.1, 0.15) is 43.9 Å². The molecule has 0 aliphatic rings. The van der Waals surface area contributed by atoms with Crippen LogP contribution in [0.5, 0.6) is 0 Å². The Morgan fingerprint density at radius 3 is 2.09 bits per heavy atom. The fourth-order valence-electron chi connectivity index (χ4n) is 2.38. The van der Waals surface area contributed by atoms with Crippen LogP contribution in [0.15, 0.2) is 12.1 Å². The summed E-state index contributed by atoms with van der Waals surface area (Å²) in [5.41, 5.74) is 3.38. The summed E-state index contributed by atoms with van der Waals surface area (Å²) < 4.78 is 0. The number of hydrogen-bond donors (Lipinski definition) is 3. The topological polar surface area (TPSA) is 78.4 Å². The molecular formula is C18H28N2O3. The molecule has 0 aliphatic carbocycles. The van der Waals surface area contributed by atoms with Gasteiger partial charge in [0.15, 0.2) is 0 Å². The second-order valence-corrected chi connectivity index (χ2v) is 7.15. The fourth-order valence-corrected chi connectivity index (χ4v) is 2.38. The van der Waals surface area contributed by atoms with Gasteiger partial charge >= 0.3 is 11.8 Å². The predicted molar refractivity (Wildman–Crippen MR) is 92.4 cm³/mol. The van der Waals surface area contributed by atoms with E-state index >= 15 is 0 Å². The van der Waals surface area contributed by atoms with E-state index in [0.717, 1.165) is 16.7 Å². The first-order valence-electron chi connectivity index (χ1n) is 7.87. The Kier molecular flexibility index (Phi) is 6.33. The van der Waals surface area contributed by atoms with E-state index in [-0.39, 0.29) is 12.0 Å². The Balaban J connectivity index is 2.57. The minimum absolute atomic E-state index is 0.247. The Morgan fingerprint density at radius 2 is 1.61 bits per heavy atom. The van der Waals surface area contributed by atoms with Crippen LogP contribution in [0.25, 0.3) is 0 Å². The molecule has 0 bridgehead atoms. The van der Waals surface area contributed by atoms with Crippen molar-refractivity contribution in [1.29, 1.82) is 0 Å². The first-order chi connectivity index (χ1) is 10.5. The van der Waals surface area contributed by atoms with E-state index in [2.05, 4.69) is 10.6 Å². The number of nitrogens with one attached hydrogen (secondary N) is 2. The summed E-state index contributed by atoms with van der Waals surface area (Å²) in [6.07, 6.45) is -0.127. The molecule has 1 rings (SSSR count). The standard InChI is InChI=1S/C18H28N2O3/c1-11-9-12(2)15(13(3)10-11)20-17(23)16(22)19-8-7-14(21)18(4,5)6/h9-10,14,21H,7-8H2,1-6H3,(H,19,22)(H,20,23)/t14-/m0/s1. The molecule has 0 radical (unpaired) electrons. The van der Waals surface area contributed by atoms with Gasteiger partial charge in [0.1, 0.15) is 0 Å². The monoisotopic (exact) mass is 320 g/mol. The van der Waals surface area contributed by atoms with Crippen LogP contribution in [0.3, 0.4) is 0 Å². The number of anilines is 1. The first-order valence-corrected chi connectivity index (χ1v) is 7.87. The molecule has 2 amide bonds. The van der Waals surface area contributed by atoms with Gasteiger partial charge in [-0.3, -0.25) is 9.59 Å². The van der Waals surface area contributed by atoms with E-state index < -0.39 is 17.9 Å². The summed E-state index contributed by atoms with van der Waals surface area (Å²) in [4.78, 5) is 23.9. The van der Waals surface area contributed by atoms with Crippen molar-refractivity contribution in [2.24, 2.45) is 5.41 Å². The van der Waals surface area contributed by atoms with Crippen molar-refractivity contribution in [3.05, 3.63) is 28.8 Å². The molecule has 1 aromatic rings. The van der Waals surface area contributed by atoms with Crippen LogP contribution in [-0.4, -0.2) is 29.6 Å². The van der Waals surface area contributed by atoms with E-state index in [0.29, 0.717) is 12.1 Å². The Bertz CT molecular complexity index is 565. The van der Waals surface area contributed by atoms with Crippen LogP contribution >= 0.6 is 0 Å². The highest BCUT2D eigenvalue weighted by Crippen LogP contribution is 2.22. The number of benzene rings is 1. The quantitative estimate of drug-likeness (QED) is 0.746. The minimum Gasteiger partial charge on any atom is -0.393 e. The average molecular weight is 320 g/mol. The average Bonchev–Trinajstić information content (AvgIpc) is 2.41. The smallest absolute Gasteiger partial charge is 0.313 e. The molecule has 23 heavy (non-hydrogen) atoms. The van der Waals surface area contributed by atoms with Gasteiger partial charge in [-0.05, 0) is 43.7 Å². The zero-order valence-corrected chi connectivity index (χ0v) is 14.9.